The van der Waals surface area contributed by atoms with Crippen LogP contribution in [0.15, 0.2) is 36.9 Å². The van der Waals surface area contributed by atoms with Gasteiger partial charge in [0.05, 0.1) is 12.2 Å². The van der Waals surface area contributed by atoms with Gasteiger partial charge in [-0.25, -0.2) is 4.79 Å². The largest absolute Gasteiger partial charge is 0.445 e. The molecule has 0 saturated heterocycles. The van der Waals surface area contributed by atoms with Crippen LogP contribution in [-0.4, -0.2) is 34.3 Å². The zero-order chi connectivity index (χ0) is 15.5. The van der Waals surface area contributed by atoms with E-state index in [-0.39, 0.29) is 12.7 Å². The normalized spacial score (nSPS) is 13.6. The summed E-state index contributed by atoms with van der Waals surface area (Å²) in [5.41, 5.74) is 3.84. The van der Waals surface area contributed by atoms with Gasteiger partial charge in [-0.05, 0) is 12.1 Å². The first-order valence-electron chi connectivity index (χ1n) is 7.03. The van der Waals surface area contributed by atoms with Crippen LogP contribution >= 0.6 is 11.6 Å². The van der Waals surface area contributed by atoms with Crippen molar-refractivity contribution in [2.24, 2.45) is 0 Å². The highest BCUT2D eigenvalue weighted by molar-refractivity contribution is 6.30. The molecular weight excluding hydrogens is 302 g/mol. The predicted molar refractivity (Wildman–Crippen MR) is 84.7 cm³/mol. The zero-order valence-corrected chi connectivity index (χ0v) is 12.8. The van der Waals surface area contributed by atoms with Gasteiger partial charge in [0.25, 0.3) is 0 Å². The number of carbonyl (C=O) groups is 1. The standard InChI is InChI=1S/C16H16ClN3O2/c1-2-8-22-16(21)20-7-6-14-13(10-20)15(19-18-14)11-4-3-5-12(17)9-11/h2-5,9H,1,6-8,10H2,(H,18,19). The van der Waals surface area contributed by atoms with Crippen molar-refractivity contribution in [3.05, 3.63) is 53.2 Å². The third-order valence-electron chi connectivity index (χ3n) is 3.61. The second-order valence-corrected chi connectivity index (χ2v) is 5.51. The van der Waals surface area contributed by atoms with Crippen LogP contribution in [0.5, 0.6) is 0 Å². The number of ether oxygens (including phenoxy) is 1. The summed E-state index contributed by atoms with van der Waals surface area (Å²) in [6.45, 7) is 4.85. The lowest BCUT2D eigenvalue weighted by atomic mass is 10.0. The van der Waals surface area contributed by atoms with E-state index in [0.29, 0.717) is 18.1 Å². The van der Waals surface area contributed by atoms with E-state index in [0.717, 1.165) is 28.9 Å². The van der Waals surface area contributed by atoms with Crippen molar-refractivity contribution in [2.75, 3.05) is 13.2 Å². The Labute approximate surface area is 133 Å². The maximum absolute atomic E-state index is 12.0. The molecule has 0 aliphatic carbocycles. The first kappa shape index (κ1) is 14.7. The smallest absolute Gasteiger partial charge is 0.410 e. The molecule has 1 aromatic heterocycles. The minimum absolute atomic E-state index is 0.217. The molecule has 3 rings (SSSR count). The molecule has 0 fully saturated rings. The highest BCUT2D eigenvalue weighted by atomic mass is 35.5. The number of amides is 1. The molecule has 1 aromatic carbocycles. The summed E-state index contributed by atoms with van der Waals surface area (Å²) in [5.74, 6) is 0. The van der Waals surface area contributed by atoms with Gasteiger partial charge in [0.15, 0.2) is 0 Å². The van der Waals surface area contributed by atoms with E-state index in [1.54, 1.807) is 11.0 Å². The number of aromatic amines is 1. The summed E-state index contributed by atoms with van der Waals surface area (Å²) < 4.78 is 5.10. The Hall–Kier alpha value is -2.27. The van der Waals surface area contributed by atoms with E-state index in [2.05, 4.69) is 16.8 Å². The van der Waals surface area contributed by atoms with Crippen LogP contribution in [0.3, 0.4) is 0 Å². The van der Waals surface area contributed by atoms with Crippen LogP contribution < -0.4 is 0 Å². The van der Waals surface area contributed by atoms with Crippen LogP contribution in [0.2, 0.25) is 5.02 Å². The summed E-state index contributed by atoms with van der Waals surface area (Å²) in [6.07, 6.45) is 1.96. The number of halogens is 1. The zero-order valence-electron chi connectivity index (χ0n) is 12.0. The molecule has 1 N–H and O–H groups in total. The van der Waals surface area contributed by atoms with Crippen molar-refractivity contribution in [3.8, 4) is 11.3 Å². The van der Waals surface area contributed by atoms with Crippen LogP contribution in [0, 0.1) is 0 Å². The Morgan fingerprint density at radius 2 is 2.41 bits per heavy atom. The van der Waals surface area contributed by atoms with Gasteiger partial charge >= 0.3 is 6.09 Å². The lowest BCUT2D eigenvalue weighted by molar-refractivity contribution is 0.107. The van der Waals surface area contributed by atoms with Gasteiger partial charge in [-0.2, -0.15) is 5.10 Å². The fourth-order valence-electron chi connectivity index (χ4n) is 2.55. The van der Waals surface area contributed by atoms with Gasteiger partial charge in [0, 0.05) is 34.8 Å². The molecule has 1 aliphatic rings. The molecule has 1 amide bonds. The van der Waals surface area contributed by atoms with Gasteiger partial charge in [-0.3, -0.25) is 5.10 Å². The maximum Gasteiger partial charge on any atom is 0.410 e. The van der Waals surface area contributed by atoms with Crippen molar-refractivity contribution in [3.63, 3.8) is 0 Å². The number of nitrogens with one attached hydrogen (secondary N) is 1. The van der Waals surface area contributed by atoms with E-state index >= 15 is 0 Å². The highest BCUT2D eigenvalue weighted by Crippen LogP contribution is 2.29. The Morgan fingerprint density at radius 1 is 1.55 bits per heavy atom. The number of hydrogen-bond acceptors (Lipinski definition) is 3. The number of carbonyl (C=O) groups excluding carboxylic acids is 1. The number of benzene rings is 1. The lowest BCUT2D eigenvalue weighted by Gasteiger charge is -2.26. The number of fused-ring (bicyclic) bond motifs is 1. The molecular formula is C16H16ClN3O2. The first-order valence-corrected chi connectivity index (χ1v) is 7.41. The van der Waals surface area contributed by atoms with Crippen molar-refractivity contribution in [1.82, 2.24) is 15.1 Å². The summed E-state index contributed by atoms with van der Waals surface area (Å²) in [7, 11) is 0. The Bertz CT molecular complexity index is 711. The topological polar surface area (TPSA) is 58.2 Å². The van der Waals surface area contributed by atoms with Crippen molar-refractivity contribution < 1.29 is 9.53 Å². The van der Waals surface area contributed by atoms with Crippen LogP contribution in [0.4, 0.5) is 4.79 Å². The molecule has 22 heavy (non-hydrogen) atoms. The van der Waals surface area contributed by atoms with Crippen molar-refractivity contribution in [2.45, 2.75) is 13.0 Å². The number of H-pyrrole nitrogens is 1. The quantitative estimate of drug-likeness (QED) is 0.883. The summed E-state index contributed by atoms with van der Waals surface area (Å²) >= 11 is 6.05. The number of rotatable bonds is 3. The Kier molecular flexibility index (Phi) is 4.15. The molecule has 0 spiro atoms. The predicted octanol–water partition coefficient (Wildman–Crippen LogP) is 3.41. The van der Waals surface area contributed by atoms with Crippen LogP contribution in [-0.2, 0) is 17.7 Å². The first-order chi connectivity index (χ1) is 10.7. The molecule has 114 valence electrons. The third-order valence-corrected chi connectivity index (χ3v) is 3.85. The van der Waals surface area contributed by atoms with Gasteiger partial charge in [0.1, 0.15) is 6.61 Å². The van der Waals surface area contributed by atoms with E-state index in [1.165, 1.54) is 0 Å². The van der Waals surface area contributed by atoms with Gasteiger partial charge in [-0.15, -0.1) is 0 Å². The lowest BCUT2D eigenvalue weighted by Crippen LogP contribution is -2.36. The van der Waals surface area contributed by atoms with E-state index < -0.39 is 0 Å². The van der Waals surface area contributed by atoms with Crippen LogP contribution in [0.25, 0.3) is 11.3 Å². The molecule has 0 saturated carbocycles. The van der Waals surface area contributed by atoms with E-state index in [1.807, 2.05) is 24.3 Å². The van der Waals surface area contributed by atoms with Crippen molar-refractivity contribution >= 4 is 17.7 Å². The molecule has 0 bridgehead atoms. The third kappa shape index (κ3) is 2.85. The molecule has 0 radical (unpaired) electrons. The van der Waals surface area contributed by atoms with Crippen molar-refractivity contribution in [1.29, 1.82) is 0 Å². The SMILES string of the molecule is C=CCOC(=O)N1CCc2[nH]nc(-c3cccc(Cl)c3)c2C1. The Morgan fingerprint density at radius 3 is 3.18 bits per heavy atom. The van der Waals surface area contributed by atoms with E-state index in [9.17, 15) is 4.79 Å². The number of aromatic nitrogens is 2. The molecule has 0 unspecified atom stereocenters. The van der Waals surface area contributed by atoms with E-state index in [4.69, 9.17) is 16.3 Å². The fraction of sp³-hybridized carbons (Fsp3) is 0.250. The molecule has 6 heteroatoms. The number of nitrogens with zero attached hydrogens (tertiary/aromatic N) is 2. The molecule has 2 heterocycles. The minimum Gasteiger partial charge on any atom is -0.445 e. The molecule has 5 nitrogen and oxygen atoms in total. The second-order valence-electron chi connectivity index (χ2n) is 5.08. The molecule has 2 aromatic rings. The van der Waals surface area contributed by atoms with Gasteiger partial charge in [-0.1, -0.05) is 36.4 Å². The van der Waals surface area contributed by atoms with Crippen LogP contribution in [0.1, 0.15) is 11.3 Å². The fourth-order valence-corrected chi connectivity index (χ4v) is 2.74. The average molecular weight is 318 g/mol. The monoisotopic (exact) mass is 317 g/mol. The number of hydrogen-bond donors (Lipinski definition) is 1. The molecule has 0 atom stereocenters. The summed E-state index contributed by atoms with van der Waals surface area (Å²) in [4.78, 5) is 13.7. The van der Waals surface area contributed by atoms with Gasteiger partial charge < -0.3 is 9.64 Å². The average Bonchev–Trinajstić information content (AvgIpc) is 2.95. The summed E-state index contributed by atoms with van der Waals surface area (Å²) in [6, 6.07) is 7.53. The highest BCUT2D eigenvalue weighted by Gasteiger charge is 2.26. The second kappa shape index (κ2) is 6.23. The summed E-state index contributed by atoms with van der Waals surface area (Å²) in [5, 5.41) is 8.10. The Balaban J connectivity index is 1.85. The minimum atomic E-state index is -0.330. The maximum atomic E-state index is 12.0. The molecule has 1 aliphatic heterocycles. The van der Waals surface area contributed by atoms with Gasteiger partial charge in [0.2, 0.25) is 0 Å².